The molecule has 4 heteroatoms. The monoisotopic (exact) mass is 289 g/mol. The second-order valence-corrected chi connectivity index (χ2v) is 5.89. The molecule has 1 aliphatic rings. The van der Waals surface area contributed by atoms with Crippen LogP contribution in [0.5, 0.6) is 0 Å². The van der Waals surface area contributed by atoms with Gasteiger partial charge in [0.05, 0.1) is 5.56 Å². The van der Waals surface area contributed by atoms with E-state index in [-0.39, 0.29) is 18.0 Å². The standard InChI is InChI=1S/C17H23NO3/c1-12-6-5-7-13(2)18(12)16(19)11-10-14-8-3-4-9-15(14)17(20)21/h3-4,8-9,12-13H,5-7,10-11H2,1-2H3,(H,20,21). The maximum Gasteiger partial charge on any atom is 0.335 e. The Balaban J connectivity index is 2.02. The largest absolute Gasteiger partial charge is 0.478 e. The fraction of sp³-hybridized carbons (Fsp3) is 0.529. The number of benzene rings is 1. The molecule has 4 nitrogen and oxygen atoms in total. The summed E-state index contributed by atoms with van der Waals surface area (Å²) in [6.45, 7) is 4.19. The van der Waals surface area contributed by atoms with Crippen LogP contribution in [-0.4, -0.2) is 34.0 Å². The Morgan fingerprint density at radius 3 is 2.43 bits per heavy atom. The molecule has 2 atom stereocenters. The second kappa shape index (κ2) is 6.74. The summed E-state index contributed by atoms with van der Waals surface area (Å²) in [5.41, 5.74) is 1.03. The number of likely N-dealkylation sites (tertiary alicyclic amines) is 1. The molecule has 1 aromatic rings. The summed E-state index contributed by atoms with van der Waals surface area (Å²) in [7, 11) is 0. The van der Waals surface area contributed by atoms with E-state index in [1.807, 2.05) is 11.0 Å². The SMILES string of the molecule is CC1CCCC(C)N1C(=O)CCc1ccccc1C(=O)O. The average molecular weight is 289 g/mol. The fourth-order valence-electron chi connectivity index (χ4n) is 3.23. The number of rotatable bonds is 4. The first kappa shape index (κ1) is 15.5. The summed E-state index contributed by atoms with van der Waals surface area (Å²) < 4.78 is 0. The van der Waals surface area contributed by atoms with E-state index < -0.39 is 5.97 Å². The smallest absolute Gasteiger partial charge is 0.335 e. The molecule has 2 unspecified atom stereocenters. The van der Waals surface area contributed by atoms with Crippen molar-refractivity contribution in [3.05, 3.63) is 35.4 Å². The molecule has 21 heavy (non-hydrogen) atoms. The van der Waals surface area contributed by atoms with Gasteiger partial charge in [-0.25, -0.2) is 4.79 Å². The van der Waals surface area contributed by atoms with Crippen LogP contribution in [0.25, 0.3) is 0 Å². The number of piperidine rings is 1. The van der Waals surface area contributed by atoms with E-state index in [1.54, 1.807) is 18.2 Å². The Morgan fingerprint density at radius 2 is 1.81 bits per heavy atom. The van der Waals surface area contributed by atoms with E-state index >= 15 is 0 Å². The predicted octanol–water partition coefficient (Wildman–Crippen LogP) is 3.11. The van der Waals surface area contributed by atoms with Crippen LogP contribution in [0.1, 0.15) is 55.5 Å². The number of amides is 1. The quantitative estimate of drug-likeness (QED) is 0.926. The summed E-state index contributed by atoms with van der Waals surface area (Å²) in [5, 5.41) is 9.17. The molecule has 114 valence electrons. The third-order valence-corrected chi connectivity index (χ3v) is 4.34. The van der Waals surface area contributed by atoms with Gasteiger partial charge in [0, 0.05) is 18.5 Å². The Hall–Kier alpha value is -1.84. The zero-order chi connectivity index (χ0) is 15.4. The van der Waals surface area contributed by atoms with Crippen LogP contribution in [0.4, 0.5) is 0 Å². The van der Waals surface area contributed by atoms with Gasteiger partial charge in [0.25, 0.3) is 0 Å². The van der Waals surface area contributed by atoms with Crippen molar-refractivity contribution in [2.24, 2.45) is 0 Å². The van der Waals surface area contributed by atoms with Gasteiger partial charge < -0.3 is 10.0 Å². The number of nitrogens with zero attached hydrogens (tertiary/aromatic N) is 1. The maximum atomic E-state index is 12.5. The van der Waals surface area contributed by atoms with E-state index in [9.17, 15) is 9.59 Å². The van der Waals surface area contributed by atoms with Crippen LogP contribution < -0.4 is 0 Å². The number of hydrogen-bond donors (Lipinski definition) is 1. The summed E-state index contributed by atoms with van der Waals surface area (Å²) in [5.74, 6) is -0.798. The maximum absolute atomic E-state index is 12.5. The number of hydrogen-bond acceptors (Lipinski definition) is 2. The normalized spacial score (nSPS) is 22.1. The molecule has 1 aromatic carbocycles. The number of carboxylic acids is 1. The van der Waals surface area contributed by atoms with Gasteiger partial charge >= 0.3 is 5.97 Å². The van der Waals surface area contributed by atoms with E-state index in [0.29, 0.717) is 18.4 Å². The van der Waals surface area contributed by atoms with E-state index in [4.69, 9.17) is 5.11 Å². The zero-order valence-electron chi connectivity index (χ0n) is 12.7. The zero-order valence-corrected chi connectivity index (χ0v) is 12.7. The van der Waals surface area contributed by atoms with Gasteiger partial charge in [-0.1, -0.05) is 18.2 Å². The number of aryl methyl sites for hydroxylation is 1. The van der Waals surface area contributed by atoms with Crippen LogP contribution in [-0.2, 0) is 11.2 Å². The summed E-state index contributed by atoms with van der Waals surface area (Å²) in [6, 6.07) is 7.49. The minimum Gasteiger partial charge on any atom is -0.478 e. The average Bonchev–Trinajstić information content (AvgIpc) is 2.45. The van der Waals surface area contributed by atoms with Crippen LogP contribution in [0.15, 0.2) is 24.3 Å². The molecular weight excluding hydrogens is 266 g/mol. The topological polar surface area (TPSA) is 57.6 Å². The summed E-state index contributed by atoms with van der Waals surface area (Å²) >= 11 is 0. The lowest BCUT2D eigenvalue weighted by Gasteiger charge is -2.39. The van der Waals surface area contributed by atoms with E-state index in [1.165, 1.54) is 6.42 Å². The van der Waals surface area contributed by atoms with Crippen molar-refractivity contribution in [1.29, 1.82) is 0 Å². The molecule has 1 saturated heterocycles. The summed E-state index contributed by atoms with van der Waals surface area (Å²) in [6.07, 6.45) is 4.15. The van der Waals surface area contributed by atoms with Crippen molar-refractivity contribution >= 4 is 11.9 Å². The number of carbonyl (C=O) groups is 2. The third-order valence-electron chi connectivity index (χ3n) is 4.34. The molecule has 1 aliphatic heterocycles. The minimum atomic E-state index is -0.933. The van der Waals surface area contributed by atoms with Crippen LogP contribution in [0.3, 0.4) is 0 Å². The molecule has 0 aromatic heterocycles. The van der Waals surface area contributed by atoms with Crippen LogP contribution in [0, 0.1) is 0 Å². The van der Waals surface area contributed by atoms with Crippen LogP contribution in [0.2, 0.25) is 0 Å². The first-order chi connectivity index (χ1) is 10.0. The fourth-order valence-corrected chi connectivity index (χ4v) is 3.23. The third kappa shape index (κ3) is 3.63. The van der Waals surface area contributed by atoms with E-state index in [2.05, 4.69) is 13.8 Å². The van der Waals surface area contributed by atoms with Crippen LogP contribution >= 0.6 is 0 Å². The Labute approximate surface area is 125 Å². The van der Waals surface area contributed by atoms with Gasteiger partial charge in [-0.05, 0) is 51.2 Å². The van der Waals surface area contributed by atoms with Gasteiger partial charge in [-0.2, -0.15) is 0 Å². The number of carbonyl (C=O) groups excluding carboxylic acids is 1. The lowest BCUT2D eigenvalue weighted by Crippen LogP contribution is -2.47. The highest BCUT2D eigenvalue weighted by molar-refractivity contribution is 5.89. The predicted molar refractivity (Wildman–Crippen MR) is 81.3 cm³/mol. The van der Waals surface area contributed by atoms with Crippen molar-refractivity contribution in [3.8, 4) is 0 Å². The van der Waals surface area contributed by atoms with Crippen molar-refractivity contribution < 1.29 is 14.7 Å². The highest BCUT2D eigenvalue weighted by atomic mass is 16.4. The van der Waals surface area contributed by atoms with Gasteiger partial charge in [0.15, 0.2) is 0 Å². The first-order valence-electron chi connectivity index (χ1n) is 7.63. The molecule has 1 heterocycles. The summed E-state index contributed by atoms with van der Waals surface area (Å²) in [4.78, 5) is 25.6. The highest BCUT2D eigenvalue weighted by Crippen LogP contribution is 2.24. The molecule has 1 N–H and O–H groups in total. The van der Waals surface area contributed by atoms with Gasteiger partial charge in [0.1, 0.15) is 0 Å². The molecule has 0 saturated carbocycles. The molecular formula is C17H23NO3. The number of carboxylic acid groups (broad SMARTS) is 1. The van der Waals surface area contributed by atoms with Gasteiger partial charge in [0.2, 0.25) is 5.91 Å². The first-order valence-corrected chi connectivity index (χ1v) is 7.63. The second-order valence-electron chi connectivity index (χ2n) is 5.89. The highest BCUT2D eigenvalue weighted by Gasteiger charge is 2.28. The molecule has 1 fully saturated rings. The lowest BCUT2D eigenvalue weighted by atomic mass is 9.96. The minimum absolute atomic E-state index is 0.134. The molecule has 2 rings (SSSR count). The molecule has 0 radical (unpaired) electrons. The van der Waals surface area contributed by atoms with Crippen molar-refractivity contribution in [1.82, 2.24) is 4.90 Å². The van der Waals surface area contributed by atoms with Gasteiger partial charge in [-0.3, -0.25) is 4.79 Å². The Morgan fingerprint density at radius 1 is 1.19 bits per heavy atom. The molecule has 1 amide bonds. The lowest BCUT2D eigenvalue weighted by molar-refractivity contribution is -0.137. The van der Waals surface area contributed by atoms with E-state index in [0.717, 1.165) is 18.4 Å². The van der Waals surface area contributed by atoms with Crippen molar-refractivity contribution in [2.45, 2.75) is 58.0 Å². The Kier molecular flexibility index (Phi) is 4.99. The van der Waals surface area contributed by atoms with Crippen molar-refractivity contribution in [3.63, 3.8) is 0 Å². The van der Waals surface area contributed by atoms with Crippen molar-refractivity contribution in [2.75, 3.05) is 0 Å². The Bertz CT molecular complexity index is 517. The number of aromatic carboxylic acids is 1. The van der Waals surface area contributed by atoms with Gasteiger partial charge in [-0.15, -0.1) is 0 Å². The molecule has 0 bridgehead atoms. The molecule has 0 aliphatic carbocycles. The molecule has 0 spiro atoms.